The van der Waals surface area contributed by atoms with Gasteiger partial charge in [0, 0.05) is 24.7 Å². The molecular formula is C27H34N4O3. The van der Waals surface area contributed by atoms with Crippen LogP contribution in [-0.4, -0.2) is 59.4 Å². The van der Waals surface area contributed by atoms with Crippen LogP contribution in [0.15, 0.2) is 60.7 Å². The lowest BCUT2D eigenvalue weighted by Crippen LogP contribution is -2.57. The second kappa shape index (κ2) is 9.87. The maximum atomic E-state index is 13.8. The van der Waals surface area contributed by atoms with E-state index in [1.807, 2.05) is 86.3 Å². The molecule has 0 bridgehead atoms. The van der Waals surface area contributed by atoms with Crippen LogP contribution in [0.5, 0.6) is 0 Å². The quantitative estimate of drug-likeness (QED) is 0.716. The number of hydrogen-bond acceptors (Lipinski definition) is 4. The molecule has 1 atom stereocenters. The fourth-order valence-electron chi connectivity index (χ4n) is 5.07. The average Bonchev–Trinajstić information content (AvgIpc) is 3.11. The topological polar surface area (TPSA) is 73.0 Å². The van der Waals surface area contributed by atoms with Crippen molar-refractivity contribution in [3.8, 4) is 0 Å². The van der Waals surface area contributed by atoms with Crippen molar-refractivity contribution in [1.82, 2.24) is 15.1 Å². The number of benzene rings is 2. The van der Waals surface area contributed by atoms with Gasteiger partial charge in [-0.15, -0.1) is 0 Å². The maximum Gasteiger partial charge on any atom is 0.250 e. The van der Waals surface area contributed by atoms with Gasteiger partial charge in [0.1, 0.15) is 12.1 Å². The minimum absolute atomic E-state index is 0.00965. The Morgan fingerprint density at radius 3 is 2.12 bits per heavy atom. The van der Waals surface area contributed by atoms with Crippen molar-refractivity contribution in [3.05, 3.63) is 66.2 Å². The fraction of sp³-hybridized carbons (Fsp3) is 0.444. The van der Waals surface area contributed by atoms with E-state index in [0.29, 0.717) is 32.6 Å². The third kappa shape index (κ3) is 4.65. The number of amides is 3. The lowest BCUT2D eigenvalue weighted by Gasteiger charge is -2.43. The number of rotatable bonds is 6. The Bertz CT molecular complexity index is 1020. The normalized spacial score (nSPS) is 18.5. The Balaban J connectivity index is 1.50. The Morgan fingerprint density at radius 1 is 0.941 bits per heavy atom. The predicted molar refractivity (Wildman–Crippen MR) is 132 cm³/mol. The van der Waals surface area contributed by atoms with Crippen LogP contribution < -0.4 is 10.2 Å². The zero-order valence-corrected chi connectivity index (χ0v) is 20.2. The monoisotopic (exact) mass is 462 g/mol. The van der Waals surface area contributed by atoms with Gasteiger partial charge in [-0.25, -0.2) is 0 Å². The number of nitrogens with zero attached hydrogens (tertiary/aromatic N) is 3. The van der Waals surface area contributed by atoms with E-state index in [0.717, 1.165) is 11.3 Å². The van der Waals surface area contributed by atoms with E-state index in [1.54, 1.807) is 4.90 Å². The number of carbonyl (C=O) groups excluding carboxylic acids is 3. The first kappa shape index (κ1) is 23.8. The van der Waals surface area contributed by atoms with Crippen LogP contribution in [0.25, 0.3) is 0 Å². The van der Waals surface area contributed by atoms with Crippen LogP contribution in [0.3, 0.4) is 0 Å². The van der Waals surface area contributed by atoms with Crippen molar-refractivity contribution in [2.24, 2.45) is 5.92 Å². The molecule has 2 aromatic carbocycles. The summed E-state index contributed by atoms with van der Waals surface area (Å²) in [4.78, 5) is 44.8. The molecule has 7 nitrogen and oxygen atoms in total. The largest absolute Gasteiger partial charge is 0.348 e. The summed E-state index contributed by atoms with van der Waals surface area (Å²) < 4.78 is 0. The van der Waals surface area contributed by atoms with E-state index >= 15 is 0 Å². The minimum atomic E-state index is -0.736. The van der Waals surface area contributed by atoms with Crippen molar-refractivity contribution in [1.29, 1.82) is 0 Å². The van der Waals surface area contributed by atoms with Crippen LogP contribution in [-0.2, 0) is 14.4 Å². The third-order valence-corrected chi connectivity index (χ3v) is 6.99. The number of likely N-dealkylation sites (tertiary alicyclic amines) is 1. The minimum Gasteiger partial charge on any atom is -0.348 e. The molecule has 2 saturated heterocycles. The Hall–Kier alpha value is -3.35. The molecule has 0 saturated carbocycles. The molecule has 2 aliphatic heterocycles. The molecule has 3 amide bonds. The highest BCUT2D eigenvalue weighted by Gasteiger charge is 2.54. The molecule has 1 unspecified atom stereocenters. The summed E-state index contributed by atoms with van der Waals surface area (Å²) in [6.45, 7) is 7.19. The molecule has 34 heavy (non-hydrogen) atoms. The van der Waals surface area contributed by atoms with E-state index in [4.69, 9.17) is 0 Å². The summed E-state index contributed by atoms with van der Waals surface area (Å²) in [5.74, 6) is -0.152. The summed E-state index contributed by atoms with van der Waals surface area (Å²) in [7, 11) is 0. The molecule has 180 valence electrons. The lowest BCUT2D eigenvalue weighted by atomic mass is 9.85. The fourth-order valence-corrected chi connectivity index (χ4v) is 5.07. The van der Waals surface area contributed by atoms with Crippen LogP contribution in [0.4, 0.5) is 5.69 Å². The molecule has 7 heteroatoms. The van der Waals surface area contributed by atoms with Gasteiger partial charge in [0.25, 0.3) is 5.91 Å². The van der Waals surface area contributed by atoms with Gasteiger partial charge >= 0.3 is 0 Å². The lowest BCUT2D eigenvalue weighted by molar-refractivity contribution is -0.141. The highest BCUT2D eigenvalue weighted by atomic mass is 16.2. The van der Waals surface area contributed by atoms with Gasteiger partial charge in [0.15, 0.2) is 0 Å². The molecule has 0 aliphatic carbocycles. The van der Waals surface area contributed by atoms with Crippen molar-refractivity contribution < 1.29 is 14.4 Å². The smallest absolute Gasteiger partial charge is 0.250 e. The molecule has 2 aromatic rings. The molecule has 0 aromatic heterocycles. The van der Waals surface area contributed by atoms with Gasteiger partial charge in [-0.1, -0.05) is 62.4 Å². The highest BCUT2D eigenvalue weighted by molar-refractivity contribution is 5.96. The summed E-state index contributed by atoms with van der Waals surface area (Å²) >= 11 is 0. The zero-order chi connectivity index (χ0) is 24.3. The zero-order valence-electron chi connectivity index (χ0n) is 20.2. The average molecular weight is 463 g/mol. The van der Waals surface area contributed by atoms with Gasteiger partial charge in [-0.3, -0.25) is 14.4 Å². The summed E-state index contributed by atoms with van der Waals surface area (Å²) in [5.41, 5.74) is 1.24. The number of hydrogen-bond donors (Lipinski definition) is 1. The highest BCUT2D eigenvalue weighted by Crippen LogP contribution is 2.39. The maximum absolute atomic E-state index is 13.8. The molecule has 2 aliphatic rings. The number of carbonyl (C=O) groups is 3. The van der Waals surface area contributed by atoms with Crippen LogP contribution in [0, 0.1) is 5.92 Å². The molecule has 1 N–H and O–H groups in total. The molecule has 0 radical (unpaired) electrons. The molecular weight excluding hydrogens is 428 g/mol. The van der Waals surface area contributed by atoms with Gasteiger partial charge in [-0.05, 0) is 37.5 Å². The number of anilines is 1. The summed E-state index contributed by atoms with van der Waals surface area (Å²) in [5, 5.41) is 3.02. The molecule has 2 heterocycles. The van der Waals surface area contributed by atoms with E-state index in [-0.39, 0.29) is 36.2 Å². The van der Waals surface area contributed by atoms with Gasteiger partial charge < -0.3 is 20.0 Å². The van der Waals surface area contributed by atoms with Gasteiger partial charge in [0.05, 0.1) is 12.7 Å². The second-order valence-electron chi connectivity index (χ2n) is 9.62. The van der Waals surface area contributed by atoms with Crippen molar-refractivity contribution in [3.63, 3.8) is 0 Å². The third-order valence-electron chi connectivity index (χ3n) is 6.99. The number of nitrogens with one attached hydrogen (secondary N) is 1. The van der Waals surface area contributed by atoms with Crippen molar-refractivity contribution in [2.45, 2.75) is 45.2 Å². The molecule has 4 rings (SSSR count). The first-order valence-corrected chi connectivity index (χ1v) is 12.1. The Labute approximate surface area is 201 Å². The first-order chi connectivity index (χ1) is 16.3. The van der Waals surface area contributed by atoms with E-state index in [2.05, 4.69) is 10.2 Å². The SMILES string of the molecule is CC(C)C(=O)N1CCC2(CC1)C(=O)N(CC(=O)NC(C)c1ccccc1)CN2c1ccccc1. The van der Waals surface area contributed by atoms with E-state index in [1.165, 1.54) is 0 Å². The summed E-state index contributed by atoms with van der Waals surface area (Å²) in [6.07, 6.45) is 1.11. The van der Waals surface area contributed by atoms with E-state index < -0.39 is 5.54 Å². The second-order valence-corrected chi connectivity index (χ2v) is 9.62. The Morgan fingerprint density at radius 2 is 1.53 bits per heavy atom. The predicted octanol–water partition coefficient (Wildman–Crippen LogP) is 3.19. The number of para-hydroxylation sites is 1. The van der Waals surface area contributed by atoms with Gasteiger partial charge in [0.2, 0.25) is 11.8 Å². The molecule has 1 spiro atoms. The summed E-state index contributed by atoms with van der Waals surface area (Å²) in [6, 6.07) is 19.5. The van der Waals surface area contributed by atoms with Gasteiger partial charge in [-0.2, -0.15) is 0 Å². The van der Waals surface area contributed by atoms with Crippen molar-refractivity contribution >= 4 is 23.4 Å². The Kier molecular flexibility index (Phi) is 6.91. The van der Waals surface area contributed by atoms with Crippen molar-refractivity contribution in [2.75, 3.05) is 31.2 Å². The standard InChI is InChI=1S/C27H34N4O3/c1-20(2)25(33)29-16-14-27(15-17-29)26(34)30(19-31(27)23-12-8-5-9-13-23)18-24(32)28-21(3)22-10-6-4-7-11-22/h4-13,20-21H,14-19H2,1-3H3,(H,28,32). The number of piperidine rings is 1. The first-order valence-electron chi connectivity index (χ1n) is 12.1. The van der Waals surface area contributed by atoms with Crippen LogP contribution >= 0.6 is 0 Å². The van der Waals surface area contributed by atoms with Crippen LogP contribution in [0.1, 0.15) is 45.2 Å². The molecule has 2 fully saturated rings. The van der Waals surface area contributed by atoms with E-state index in [9.17, 15) is 14.4 Å². The van der Waals surface area contributed by atoms with Crippen LogP contribution in [0.2, 0.25) is 0 Å².